The molecule has 0 saturated carbocycles. The van der Waals surface area contributed by atoms with E-state index in [1.165, 1.54) is 13.2 Å². The lowest BCUT2D eigenvalue weighted by atomic mass is 10.1. The molecule has 184 valence electrons. The van der Waals surface area contributed by atoms with Crippen LogP contribution in [0.15, 0.2) is 69.4 Å². The fraction of sp³-hybridized carbons (Fsp3) is 0.0909. The topological polar surface area (TPSA) is 179 Å². The van der Waals surface area contributed by atoms with E-state index in [1.54, 1.807) is 30.3 Å². The molecule has 0 radical (unpaired) electrons. The number of non-ortho nitro benzene ring substituents is 1. The summed E-state index contributed by atoms with van der Waals surface area (Å²) in [6.07, 6.45) is 2.31. The minimum Gasteiger partial charge on any atom is -0.497 e. The second-order valence-corrected chi connectivity index (χ2v) is 10.0. The highest BCUT2D eigenvalue weighted by atomic mass is 32.2. The van der Waals surface area contributed by atoms with E-state index in [0.29, 0.717) is 22.6 Å². The van der Waals surface area contributed by atoms with E-state index in [-0.39, 0.29) is 25.5 Å². The number of nitriles is 1. The maximum Gasteiger partial charge on any atom is 0.349 e. The van der Waals surface area contributed by atoms with E-state index in [4.69, 9.17) is 9.47 Å². The number of nitro benzene ring substituents is 1. The first-order valence-electron chi connectivity index (χ1n) is 9.82. The summed E-state index contributed by atoms with van der Waals surface area (Å²) in [4.78, 5) is 38.0. The number of amides is 1. The van der Waals surface area contributed by atoms with E-state index in [1.807, 2.05) is 0 Å². The van der Waals surface area contributed by atoms with E-state index in [2.05, 4.69) is 10.3 Å². The number of ether oxygens (including phenoxy) is 2. The van der Waals surface area contributed by atoms with E-state index in [9.17, 15) is 33.4 Å². The zero-order valence-corrected chi connectivity index (χ0v) is 20.0. The third-order valence-corrected chi connectivity index (χ3v) is 7.60. The van der Waals surface area contributed by atoms with Crippen molar-refractivity contribution in [2.24, 2.45) is 0 Å². The quantitative estimate of drug-likeness (QED) is 0.143. The molecule has 0 aliphatic carbocycles. The molecule has 36 heavy (non-hydrogen) atoms. The van der Waals surface area contributed by atoms with Crippen LogP contribution in [0.5, 0.6) is 5.75 Å². The number of nitro groups is 1. The van der Waals surface area contributed by atoms with Crippen LogP contribution in [0.3, 0.4) is 0 Å². The summed E-state index contributed by atoms with van der Waals surface area (Å²) < 4.78 is 35.1. The van der Waals surface area contributed by atoms with Gasteiger partial charge in [0.15, 0.2) is 11.7 Å². The van der Waals surface area contributed by atoms with Crippen molar-refractivity contribution in [1.82, 2.24) is 4.98 Å². The summed E-state index contributed by atoms with van der Waals surface area (Å²) >= 11 is 0.644. The molecule has 0 spiro atoms. The molecule has 14 heteroatoms. The number of hydrogen-bond acceptors (Lipinski definition) is 11. The van der Waals surface area contributed by atoms with Gasteiger partial charge in [0.2, 0.25) is 9.84 Å². The fourth-order valence-corrected chi connectivity index (χ4v) is 5.12. The Labute approximate surface area is 208 Å². The van der Waals surface area contributed by atoms with Crippen molar-refractivity contribution in [3.05, 3.63) is 76.0 Å². The summed E-state index contributed by atoms with van der Waals surface area (Å²) in [5.41, 5.74) is -0.0591. The van der Waals surface area contributed by atoms with E-state index in [0.717, 1.165) is 30.5 Å². The molecule has 1 aromatic heterocycles. The van der Waals surface area contributed by atoms with E-state index < -0.39 is 33.2 Å². The van der Waals surface area contributed by atoms with Gasteiger partial charge in [0.25, 0.3) is 11.6 Å². The number of carbonyl (C=O) groups is 2. The third-order valence-electron chi connectivity index (χ3n) is 4.46. The maximum absolute atomic E-state index is 12.7. The molecular weight excluding hydrogens is 512 g/mol. The molecule has 0 saturated heterocycles. The number of esters is 1. The van der Waals surface area contributed by atoms with Crippen LogP contribution in [-0.4, -0.2) is 43.9 Å². The lowest BCUT2D eigenvalue weighted by Gasteiger charge is -2.04. The van der Waals surface area contributed by atoms with Crippen molar-refractivity contribution in [1.29, 1.82) is 5.26 Å². The number of hydrogen-bond donors (Lipinski definition) is 1. The number of methoxy groups -OCH3 is 1. The van der Waals surface area contributed by atoms with Crippen LogP contribution in [-0.2, 0) is 24.2 Å². The average Bonchev–Trinajstić information content (AvgIpc) is 3.35. The SMILES string of the molecule is COc1ccc(C=C(C#N)C(=O)OCC(=O)Nc2ncc(S(=O)(=O)c3ccc([N+](=O)[O-])cc3)s2)cc1. The van der Waals surface area contributed by atoms with Gasteiger partial charge >= 0.3 is 5.97 Å². The number of thiazole rings is 1. The number of sulfone groups is 1. The highest BCUT2D eigenvalue weighted by Gasteiger charge is 2.23. The Morgan fingerprint density at radius 1 is 1.19 bits per heavy atom. The zero-order chi connectivity index (χ0) is 26.3. The van der Waals surface area contributed by atoms with Crippen molar-refractivity contribution >= 4 is 49.9 Å². The highest BCUT2D eigenvalue weighted by Crippen LogP contribution is 2.29. The van der Waals surface area contributed by atoms with Gasteiger partial charge in [0.1, 0.15) is 21.6 Å². The Balaban J connectivity index is 1.61. The molecule has 3 rings (SSSR count). The third kappa shape index (κ3) is 6.29. The van der Waals surface area contributed by atoms with Crippen molar-refractivity contribution in [2.45, 2.75) is 9.10 Å². The second kappa shape index (κ2) is 11.2. The molecule has 2 aromatic carbocycles. The van der Waals surface area contributed by atoms with Crippen LogP contribution < -0.4 is 10.1 Å². The van der Waals surface area contributed by atoms with Crippen molar-refractivity contribution in [3.63, 3.8) is 0 Å². The average molecular weight is 529 g/mol. The van der Waals surface area contributed by atoms with Gasteiger partial charge in [-0.3, -0.25) is 20.2 Å². The van der Waals surface area contributed by atoms with Gasteiger partial charge in [-0.05, 0) is 35.9 Å². The fourth-order valence-electron chi connectivity index (χ4n) is 2.67. The summed E-state index contributed by atoms with van der Waals surface area (Å²) in [6, 6.07) is 12.6. The zero-order valence-electron chi connectivity index (χ0n) is 18.4. The van der Waals surface area contributed by atoms with Crippen LogP contribution in [0.4, 0.5) is 10.8 Å². The molecule has 1 heterocycles. The second-order valence-electron chi connectivity index (χ2n) is 6.81. The summed E-state index contributed by atoms with van der Waals surface area (Å²) in [7, 11) is -2.53. The normalized spacial score (nSPS) is 11.3. The molecule has 0 aliphatic rings. The van der Waals surface area contributed by atoms with Crippen LogP contribution in [0.1, 0.15) is 5.56 Å². The Kier molecular flexibility index (Phi) is 8.10. The number of aromatic nitrogens is 1. The first kappa shape index (κ1) is 26.0. The maximum atomic E-state index is 12.7. The standard InChI is InChI=1S/C22H16N4O8S2/c1-33-17-6-2-14(3-7-17)10-15(11-23)21(28)34-13-19(27)25-22-24-12-20(35-22)36(31,32)18-8-4-16(5-9-18)26(29)30/h2-10,12H,13H2,1H3,(H,24,25,27). The molecule has 3 aromatic rings. The molecule has 0 unspecified atom stereocenters. The van der Waals surface area contributed by atoms with E-state index >= 15 is 0 Å². The number of benzene rings is 2. The predicted molar refractivity (Wildman–Crippen MR) is 127 cm³/mol. The van der Waals surface area contributed by atoms with Crippen LogP contribution in [0, 0.1) is 21.4 Å². The number of nitrogens with one attached hydrogen (secondary N) is 1. The first-order chi connectivity index (χ1) is 17.1. The number of nitrogens with zero attached hydrogens (tertiary/aromatic N) is 3. The summed E-state index contributed by atoms with van der Waals surface area (Å²) in [5, 5.41) is 22.2. The van der Waals surface area contributed by atoms with Gasteiger partial charge in [-0.2, -0.15) is 5.26 Å². The minimum atomic E-state index is -4.03. The lowest BCUT2D eigenvalue weighted by Crippen LogP contribution is -2.21. The van der Waals surface area contributed by atoms with Crippen molar-refractivity contribution < 1.29 is 32.4 Å². The van der Waals surface area contributed by atoms with Gasteiger partial charge in [0, 0.05) is 12.1 Å². The van der Waals surface area contributed by atoms with Gasteiger partial charge in [-0.1, -0.05) is 23.5 Å². The number of carbonyl (C=O) groups excluding carboxylic acids is 2. The molecule has 0 bridgehead atoms. The monoisotopic (exact) mass is 528 g/mol. The molecule has 1 amide bonds. The van der Waals surface area contributed by atoms with Crippen molar-refractivity contribution in [2.75, 3.05) is 19.0 Å². The Morgan fingerprint density at radius 2 is 1.86 bits per heavy atom. The smallest absolute Gasteiger partial charge is 0.349 e. The van der Waals surface area contributed by atoms with Gasteiger partial charge < -0.3 is 9.47 Å². The molecule has 0 fully saturated rings. The molecule has 0 aliphatic heterocycles. The summed E-state index contributed by atoms with van der Waals surface area (Å²) in [6.45, 7) is -0.746. The van der Waals surface area contributed by atoms with Crippen LogP contribution >= 0.6 is 11.3 Å². The lowest BCUT2D eigenvalue weighted by molar-refractivity contribution is -0.384. The molecule has 1 N–H and O–H groups in total. The summed E-state index contributed by atoms with van der Waals surface area (Å²) in [5.74, 6) is -1.24. The minimum absolute atomic E-state index is 0.0779. The number of rotatable bonds is 9. The Bertz CT molecular complexity index is 1470. The van der Waals surface area contributed by atoms with Gasteiger partial charge in [0.05, 0.1) is 23.1 Å². The Hall–Kier alpha value is -4.61. The van der Waals surface area contributed by atoms with Crippen LogP contribution in [0.25, 0.3) is 6.08 Å². The van der Waals surface area contributed by atoms with Crippen molar-refractivity contribution in [3.8, 4) is 11.8 Å². The number of anilines is 1. The van der Waals surface area contributed by atoms with Crippen LogP contribution in [0.2, 0.25) is 0 Å². The molecule has 0 atom stereocenters. The predicted octanol–water partition coefficient (Wildman–Crippen LogP) is 2.98. The molecular formula is C22H16N4O8S2. The largest absolute Gasteiger partial charge is 0.497 e. The van der Waals surface area contributed by atoms with Gasteiger partial charge in [-0.15, -0.1) is 0 Å². The Morgan fingerprint density at radius 3 is 2.44 bits per heavy atom. The molecule has 12 nitrogen and oxygen atoms in total. The highest BCUT2D eigenvalue weighted by molar-refractivity contribution is 7.93. The first-order valence-corrected chi connectivity index (χ1v) is 12.1. The van der Waals surface area contributed by atoms with Gasteiger partial charge in [-0.25, -0.2) is 18.2 Å².